The van der Waals surface area contributed by atoms with Gasteiger partial charge in [-0.25, -0.2) is 0 Å². The Morgan fingerprint density at radius 3 is 1.06 bits per heavy atom. The first-order valence-electron chi connectivity index (χ1n) is 28.9. The summed E-state index contributed by atoms with van der Waals surface area (Å²) in [6.07, 6.45) is 0. The fourth-order valence-electron chi connectivity index (χ4n) is 13.5. The molecule has 0 bridgehead atoms. The van der Waals surface area contributed by atoms with Crippen LogP contribution in [0.1, 0.15) is 25.0 Å². The highest BCUT2D eigenvalue weighted by molar-refractivity contribution is 6.14. The summed E-state index contributed by atoms with van der Waals surface area (Å²) in [7, 11) is 0. The van der Waals surface area contributed by atoms with Crippen molar-refractivity contribution in [3.63, 3.8) is 0 Å². The van der Waals surface area contributed by atoms with Crippen LogP contribution in [0.2, 0.25) is 0 Å². The largest absolute Gasteiger partial charge is 0.309 e. The molecule has 0 N–H and O–H groups in total. The summed E-state index contributed by atoms with van der Waals surface area (Å²) in [4.78, 5) is 0. The van der Waals surface area contributed by atoms with Crippen LogP contribution in [0.25, 0.3) is 144 Å². The molecule has 0 spiro atoms. The predicted molar refractivity (Wildman–Crippen MR) is 351 cm³/mol. The van der Waals surface area contributed by atoms with E-state index in [4.69, 9.17) is 0 Å². The number of hydrogen-bond donors (Lipinski definition) is 0. The Hall–Kier alpha value is -10.5. The molecule has 2 heteroatoms. The summed E-state index contributed by atoms with van der Waals surface area (Å²) in [6.45, 7) is 4.77. The van der Waals surface area contributed by atoms with Crippen molar-refractivity contribution in [2.45, 2.75) is 19.3 Å². The van der Waals surface area contributed by atoms with Crippen molar-refractivity contribution >= 4 is 43.6 Å². The number of aromatic nitrogens is 2. The second kappa shape index (κ2) is 19.3. The normalized spacial score (nSPS) is 12.6. The van der Waals surface area contributed by atoms with Crippen LogP contribution < -0.4 is 0 Å². The molecule has 1 aliphatic rings. The van der Waals surface area contributed by atoms with Gasteiger partial charge in [0.25, 0.3) is 0 Å². The Morgan fingerprint density at radius 2 is 0.566 bits per heavy atom. The van der Waals surface area contributed by atoms with E-state index in [1.165, 1.54) is 144 Å². The molecule has 1 aliphatic carbocycles. The van der Waals surface area contributed by atoms with E-state index in [1.807, 2.05) is 0 Å². The fraction of sp³-hybridized carbons (Fsp3) is 0.0370. The maximum absolute atomic E-state index is 2.52. The molecule has 0 amide bonds. The summed E-state index contributed by atoms with van der Waals surface area (Å²) >= 11 is 0. The third-order valence-electron chi connectivity index (χ3n) is 17.6. The minimum atomic E-state index is -0.157. The average Bonchev–Trinajstić information content (AvgIpc) is 3.25. The molecule has 0 aliphatic heterocycles. The quantitative estimate of drug-likeness (QED) is 0.136. The smallest absolute Gasteiger partial charge is 0.0544 e. The second-order valence-corrected chi connectivity index (χ2v) is 22.9. The van der Waals surface area contributed by atoms with E-state index in [2.05, 4.69) is 326 Å². The molecule has 0 unspecified atom stereocenters. The number of hydrogen-bond acceptors (Lipinski definition) is 0. The number of para-hydroxylation sites is 1. The lowest BCUT2D eigenvalue weighted by molar-refractivity contribution is 0.661. The van der Waals surface area contributed by atoms with Gasteiger partial charge >= 0.3 is 0 Å². The zero-order valence-corrected chi connectivity index (χ0v) is 46.3. The Bertz CT molecular complexity index is 4910. The van der Waals surface area contributed by atoms with Gasteiger partial charge in [-0.3, -0.25) is 0 Å². The van der Waals surface area contributed by atoms with Gasteiger partial charge in [-0.05, 0) is 203 Å². The summed E-state index contributed by atoms with van der Waals surface area (Å²) in [5, 5.41) is 4.94. The molecule has 2 heterocycles. The molecule has 0 saturated heterocycles. The third-order valence-corrected chi connectivity index (χ3v) is 17.6. The lowest BCUT2D eigenvalue weighted by Gasteiger charge is -2.21. The van der Waals surface area contributed by atoms with E-state index >= 15 is 0 Å². The second-order valence-electron chi connectivity index (χ2n) is 22.9. The van der Waals surface area contributed by atoms with E-state index in [-0.39, 0.29) is 5.41 Å². The minimum absolute atomic E-state index is 0.157. The van der Waals surface area contributed by atoms with E-state index in [0.717, 1.165) is 11.4 Å². The van der Waals surface area contributed by atoms with Crippen LogP contribution in [0, 0.1) is 0 Å². The standard InChI is InChI=1S/C81H56N2/c1-81(2)75-35-17-15-33-69(75)71-51-74-73-50-60(38-40-79(73)83(80(74)52-76(71)81)68-32-20-30-58(48-68)66-45-63(55-25-11-5-12-26-55)42-64(46-66)56-27-13-6-14-28-56)59-37-39-78-72(49-59)70-34-16-18-36-77(70)82(78)67-31-19-29-57(47-67)65-43-61(53-21-7-3-8-22-53)41-62(44-65)54-23-9-4-10-24-54/h3-52H,1-2H3. The molecule has 83 heavy (non-hydrogen) atoms. The lowest BCUT2D eigenvalue weighted by Crippen LogP contribution is -2.14. The van der Waals surface area contributed by atoms with Crippen molar-refractivity contribution in [2.75, 3.05) is 0 Å². The molecule has 390 valence electrons. The Morgan fingerprint density at radius 1 is 0.205 bits per heavy atom. The molecular formula is C81H56N2. The average molecular weight is 1060 g/mol. The topological polar surface area (TPSA) is 9.86 Å². The first-order chi connectivity index (χ1) is 40.9. The lowest BCUT2D eigenvalue weighted by atomic mass is 9.82. The van der Waals surface area contributed by atoms with Gasteiger partial charge in [0.1, 0.15) is 0 Å². The van der Waals surface area contributed by atoms with E-state index in [1.54, 1.807) is 0 Å². The van der Waals surface area contributed by atoms with Crippen LogP contribution in [0.4, 0.5) is 0 Å². The van der Waals surface area contributed by atoms with Crippen LogP contribution in [-0.2, 0) is 5.41 Å². The number of nitrogens with zero attached hydrogens (tertiary/aromatic N) is 2. The van der Waals surface area contributed by atoms with Crippen molar-refractivity contribution in [1.82, 2.24) is 9.13 Å². The first-order valence-corrected chi connectivity index (χ1v) is 28.9. The number of rotatable bonds is 9. The molecule has 15 aromatic rings. The molecule has 0 saturated carbocycles. The third kappa shape index (κ3) is 8.17. The number of benzene rings is 13. The van der Waals surface area contributed by atoms with Crippen molar-refractivity contribution in [3.8, 4) is 100 Å². The van der Waals surface area contributed by atoms with Gasteiger partial charge in [0, 0.05) is 38.3 Å². The van der Waals surface area contributed by atoms with Gasteiger partial charge < -0.3 is 9.13 Å². The van der Waals surface area contributed by atoms with E-state index in [9.17, 15) is 0 Å². The fourth-order valence-corrected chi connectivity index (χ4v) is 13.5. The molecule has 2 aromatic heterocycles. The monoisotopic (exact) mass is 1060 g/mol. The van der Waals surface area contributed by atoms with Crippen LogP contribution in [0.15, 0.2) is 303 Å². The van der Waals surface area contributed by atoms with Crippen LogP contribution >= 0.6 is 0 Å². The highest BCUT2D eigenvalue weighted by Gasteiger charge is 2.36. The summed E-state index contributed by atoms with van der Waals surface area (Å²) < 4.78 is 4.96. The predicted octanol–water partition coefficient (Wildman–Crippen LogP) is 21.9. The van der Waals surface area contributed by atoms with Gasteiger partial charge in [-0.15, -0.1) is 0 Å². The zero-order valence-electron chi connectivity index (χ0n) is 46.3. The van der Waals surface area contributed by atoms with Crippen molar-refractivity contribution in [2.24, 2.45) is 0 Å². The molecule has 13 aromatic carbocycles. The van der Waals surface area contributed by atoms with Gasteiger partial charge in [0.2, 0.25) is 0 Å². The van der Waals surface area contributed by atoms with Crippen LogP contribution in [-0.4, -0.2) is 9.13 Å². The van der Waals surface area contributed by atoms with Crippen molar-refractivity contribution in [3.05, 3.63) is 314 Å². The number of fused-ring (bicyclic) bond motifs is 9. The zero-order chi connectivity index (χ0) is 55.2. The van der Waals surface area contributed by atoms with E-state index in [0.29, 0.717) is 0 Å². The first kappa shape index (κ1) is 48.4. The van der Waals surface area contributed by atoms with Gasteiger partial charge in [-0.2, -0.15) is 0 Å². The van der Waals surface area contributed by atoms with Crippen LogP contribution in [0.5, 0.6) is 0 Å². The Labute approximate surface area is 484 Å². The highest BCUT2D eigenvalue weighted by atomic mass is 15.0. The minimum Gasteiger partial charge on any atom is -0.309 e. The molecule has 0 radical (unpaired) electrons. The van der Waals surface area contributed by atoms with Gasteiger partial charge in [0.05, 0.1) is 22.1 Å². The van der Waals surface area contributed by atoms with Gasteiger partial charge in [-0.1, -0.05) is 214 Å². The molecule has 2 nitrogen and oxygen atoms in total. The molecule has 0 atom stereocenters. The maximum atomic E-state index is 2.52. The molecular weight excluding hydrogens is 1000 g/mol. The van der Waals surface area contributed by atoms with Crippen molar-refractivity contribution < 1.29 is 0 Å². The van der Waals surface area contributed by atoms with Crippen molar-refractivity contribution in [1.29, 1.82) is 0 Å². The highest BCUT2D eigenvalue weighted by Crippen LogP contribution is 2.52. The summed E-state index contributed by atoms with van der Waals surface area (Å²) in [6, 6.07) is 112. The summed E-state index contributed by atoms with van der Waals surface area (Å²) in [5.41, 5.74) is 28.9. The molecule has 16 rings (SSSR count). The maximum Gasteiger partial charge on any atom is 0.0544 e. The Balaban J connectivity index is 0.841. The summed E-state index contributed by atoms with van der Waals surface area (Å²) in [5.74, 6) is 0. The van der Waals surface area contributed by atoms with E-state index < -0.39 is 0 Å². The van der Waals surface area contributed by atoms with Gasteiger partial charge in [0.15, 0.2) is 0 Å². The SMILES string of the molecule is CC1(C)c2ccccc2-c2cc3c4cc(-c5ccc6c(c5)c5ccccc5n6-c5cccc(-c6cc(-c7ccccc7)cc(-c7ccccc7)c6)c5)ccc4n(-c4cccc(-c5cc(-c6ccccc6)cc(-c6ccccc6)c5)c4)c3cc21. The molecule has 0 fully saturated rings. The Kier molecular flexibility index (Phi) is 11.3. The van der Waals surface area contributed by atoms with Crippen LogP contribution in [0.3, 0.4) is 0 Å².